The second-order valence-electron chi connectivity index (χ2n) is 8.13. The van der Waals surface area contributed by atoms with Gasteiger partial charge in [-0.2, -0.15) is 0 Å². The van der Waals surface area contributed by atoms with E-state index in [-0.39, 0.29) is 0 Å². The number of carbonyl (C=O) groups is 4. The smallest absolute Gasteiger partial charge is 0.305 e. The van der Waals surface area contributed by atoms with Crippen LogP contribution in [0.5, 0.6) is 0 Å². The molecule has 0 aromatic carbocycles. The summed E-state index contributed by atoms with van der Waals surface area (Å²) in [5.74, 6) is -6.81. The van der Waals surface area contributed by atoms with Crippen LogP contribution in [0.15, 0.2) is 0 Å². The molecule has 35 heavy (non-hydrogen) atoms. The Morgan fingerprint density at radius 3 is 1.77 bits per heavy atom. The molecule has 5 N–H and O–H groups in total. The number of carbonyl (C=O) groups excluding carboxylic acids is 4. The average Bonchev–Trinajstić information content (AvgIpc) is 3.02. The van der Waals surface area contributed by atoms with Crippen molar-refractivity contribution < 1.29 is 73.1 Å². The summed E-state index contributed by atoms with van der Waals surface area (Å²) in [6.45, 7) is 1.03. The van der Waals surface area contributed by atoms with Crippen LogP contribution in [0.25, 0.3) is 0 Å². The lowest BCUT2D eigenvalue weighted by molar-refractivity contribution is -0.414. The predicted octanol–water partition coefficient (Wildman–Crippen LogP) is -3.72. The Morgan fingerprint density at radius 2 is 1.34 bits per heavy atom. The van der Waals surface area contributed by atoms with Crippen molar-refractivity contribution in [2.45, 2.75) is 81.8 Å². The number of rotatable bonds is 8. The maximum atomic E-state index is 12.2. The first-order valence-corrected chi connectivity index (χ1v) is 10.5. The van der Waals surface area contributed by atoms with Gasteiger partial charge in [0.1, 0.15) is 31.0 Å². The number of aliphatic hydroxyl groups excluding tert-OH is 5. The second kappa shape index (κ2) is 11.1. The molecule has 15 nitrogen and oxygen atoms in total. The third-order valence-corrected chi connectivity index (χ3v) is 5.62. The lowest BCUT2D eigenvalue weighted by atomic mass is 9.77. The van der Waals surface area contributed by atoms with Gasteiger partial charge in [-0.1, -0.05) is 0 Å². The van der Waals surface area contributed by atoms with Gasteiger partial charge in [-0.05, 0) is 0 Å². The Kier molecular flexibility index (Phi) is 9.16. The molecular formula is C20H30O15. The van der Waals surface area contributed by atoms with Crippen LogP contribution in [0.3, 0.4) is 0 Å². The number of esters is 4. The van der Waals surface area contributed by atoms with Crippen LogP contribution in [0.2, 0.25) is 0 Å². The molecule has 0 unspecified atom stereocenters. The van der Waals surface area contributed by atoms with E-state index < -0.39 is 97.8 Å². The third-order valence-electron chi connectivity index (χ3n) is 5.62. The molecule has 0 bridgehead atoms. The van der Waals surface area contributed by atoms with Crippen molar-refractivity contribution in [2.75, 3.05) is 19.8 Å². The van der Waals surface area contributed by atoms with Gasteiger partial charge >= 0.3 is 23.9 Å². The van der Waals surface area contributed by atoms with E-state index in [0.717, 1.165) is 27.7 Å². The van der Waals surface area contributed by atoms with Crippen LogP contribution in [0.1, 0.15) is 27.7 Å². The van der Waals surface area contributed by atoms with Crippen LogP contribution in [0, 0.1) is 0 Å². The Labute approximate surface area is 199 Å². The maximum absolute atomic E-state index is 12.2. The highest BCUT2D eigenvalue weighted by molar-refractivity contribution is 5.68. The summed E-state index contributed by atoms with van der Waals surface area (Å²) in [5, 5.41) is 52.4. The third kappa shape index (κ3) is 5.40. The van der Waals surface area contributed by atoms with E-state index in [0.29, 0.717) is 0 Å². The van der Waals surface area contributed by atoms with E-state index in [1.54, 1.807) is 0 Å². The van der Waals surface area contributed by atoms with Gasteiger partial charge in [0, 0.05) is 27.7 Å². The minimum absolute atomic E-state index is 0.704. The molecule has 0 aromatic rings. The highest BCUT2D eigenvalue weighted by Crippen LogP contribution is 2.49. The number of ether oxygens (including phenoxy) is 6. The molecule has 9 atom stereocenters. The Balaban J connectivity index is 2.76. The Bertz CT molecular complexity index is 816. The quantitative estimate of drug-likeness (QED) is 0.156. The fraction of sp³-hybridized carbons (Fsp3) is 0.800. The monoisotopic (exact) mass is 510 g/mol. The first-order valence-electron chi connectivity index (χ1n) is 10.5. The molecule has 2 heterocycles. The van der Waals surface area contributed by atoms with E-state index >= 15 is 0 Å². The molecule has 2 rings (SSSR count). The summed E-state index contributed by atoms with van der Waals surface area (Å²) >= 11 is 0. The summed E-state index contributed by atoms with van der Waals surface area (Å²) in [6, 6.07) is 0. The fourth-order valence-corrected chi connectivity index (χ4v) is 4.25. The number of hydrogen-bond acceptors (Lipinski definition) is 15. The van der Waals surface area contributed by atoms with Crippen LogP contribution in [-0.2, 0) is 47.6 Å². The van der Waals surface area contributed by atoms with E-state index in [4.69, 9.17) is 28.4 Å². The van der Waals surface area contributed by atoms with Crippen molar-refractivity contribution in [1.82, 2.24) is 0 Å². The molecule has 0 amide bonds. The molecule has 2 aliphatic heterocycles. The zero-order valence-electron chi connectivity index (χ0n) is 19.5. The molecule has 0 spiro atoms. The first kappa shape index (κ1) is 28.8. The minimum Gasteiger partial charge on any atom is -0.463 e. The van der Waals surface area contributed by atoms with E-state index in [1.807, 2.05) is 0 Å². The van der Waals surface area contributed by atoms with Crippen molar-refractivity contribution in [3.8, 4) is 0 Å². The first-order chi connectivity index (χ1) is 16.3. The van der Waals surface area contributed by atoms with Gasteiger partial charge in [-0.3, -0.25) is 19.2 Å². The van der Waals surface area contributed by atoms with E-state index in [1.165, 1.54) is 0 Å². The average molecular weight is 510 g/mol. The summed E-state index contributed by atoms with van der Waals surface area (Å²) in [7, 11) is 0. The molecule has 15 heteroatoms. The van der Waals surface area contributed by atoms with Gasteiger partial charge in [0.25, 0.3) is 5.79 Å². The molecule has 0 saturated carbocycles. The standard InChI is InChI=1S/C20H30O15/c1-8(23)30-6-13-15(31-9(2)24)16(32-10(3)25)18(29)20(35-13,33-11(4)26)19(7-22)17(28)14(27)12(5-21)34-19/h12-18,21-22,27-29H,5-7H2,1-4H3/t12-,13-,14-,15-,16+,17+,18-,19-,20-/m1/s1. The SMILES string of the molecule is CC(=O)OC[C@H]1O[C@@](OC(C)=O)([C@]2(CO)O[C@H](CO)[C@@H](O)[C@@H]2O)[C@H](O)[C@@H](OC(C)=O)[C@@H]1OC(C)=O. The van der Waals surface area contributed by atoms with Crippen LogP contribution >= 0.6 is 0 Å². The lowest BCUT2D eigenvalue weighted by Crippen LogP contribution is -2.79. The zero-order valence-corrected chi connectivity index (χ0v) is 19.5. The van der Waals surface area contributed by atoms with Crippen LogP contribution < -0.4 is 0 Å². The largest absolute Gasteiger partial charge is 0.463 e. The molecule has 2 fully saturated rings. The normalized spacial score (nSPS) is 38.9. The van der Waals surface area contributed by atoms with Crippen LogP contribution in [0.4, 0.5) is 0 Å². The lowest BCUT2D eigenvalue weighted by Gasteiger charge is -2.55. The minimum atomic E-state index is -2.94. The summed E-state index contributed by atoms with van der Waals surface area (Å²) < 4.78 is 31.8. The zero-order chi connectivity index (χ0) is 26.7. The predicted molar refractivity (Wildman–Crippen MR) is 107 cm³/mol. The second-order valence-corrected chi connectivity index (χ2v) is 8.13. The van der Waals surface area contributed by atoms with Crippen molar-refractivity contribution in [3.63, 3.8) is 0 Å². The fourth-order valence-electron chi connectivity index (χ4n) is 4.25. The van der Waals surface area contributed by atoms with Gasteiger partial charge in [0.15, 0.2) is 23.9 Å². The van der Waals surface area contributed by atoms with Crippen molar-refractivity contribution in [1.29, 1.82) is 0 Å². The van der Waals surface area contributed by atoms with Gasteiger partial charge in [0.2, 0.25) is 0 Å². The van der Waals surface area contributed by atoms with Gasteiger partial charge in [-0.25, -0.2) is 0 Å². The molecular weight excluding hydrogens is 480 g/mol. The Hall–Kier alpha value is -2.40. The van der Waals surface area contributed by atoms with Gasteiger partial charge < -0.3 is 54.0 Å². The molecule has 0 radical (unpaired) electrons. The molecule has 200 valence electrons. The topological polar surface area (TPSA) is 225 Å². The highest BCUT2D eigenvalue weighted by Gasteiger charge is 2.75. The summed E-state index contributed by atoms with van der Waals surface area (Å²) in [4.78, 5) is 47.3. The van der Waals surface area contributed by atoms with E-state index in [2.05, 4.69) is 0 Å². The van der Waals surface area contributed by atoms with Crippen LogP contribution in [-0.4, -0.2) is 123 Å². The van der Waals surface area contributed by atoms with Gasteiger partial charge in [-0.15, -0.1) is 0 Å². The van der Waals surface area contributed by atoms with Crippen molar-refractivity contribution in [3.05, 3.63) is 0 Å². The van der Waals surface area contributed by atoms with Gasteiger partial charge in [0.05, 0.1) is 13.2 Å². The Morgan fingerprint density at radius 1 is 0.771 bits per heavy atom. The molecule has 2 saturated heterocycles. The summed E-state index contributed by atoms with van der Waals surface area (Å²) in [6.07, 6.45) is -13.0. The molecule has 0 aliphatic carbocycles. The van der Waals surface area contributed by atoms with Crippen molar-refractivity contribution in [2.24, 2.45) is 0 Å². The molecule has 0 aromatic heterocycles. The highest BCUT2D eigenvalue weighted by atomic mass is 16.8. The molecule has 2 aliphatic rings. The summed E-state index contributed by atoms with van der Waals surface area (Å²) in [5.41, 5.74) is -2.67. The van der Waals surface area contributed by atoms with E-state index in [9.17, 15) is 44.7 Å². The number of hydrogen-bond donors (Lipinski definition) is 5. The van der Waals surface area contributed by atoms with Crippen molar-refractivity contribution >= 4 is 23.9 Å². The number of aliphatic hydroxyl groups is 5. The maximum Gasteiger partial charge on any atom is 0.305 e.